The van der Waals surface area contributed by atoms with Crippen molar-refractivity contribution in [2.24, 2.45) is 38.7 Å². The second-order valence-electron chi connectivity index (χ2n) is 7.81. The van der Waals surface area contributed by atoms with Crippen molar-refractivity contribution >= 4 is 54.2 Å². The fourth-order valence-corrected chi connectivity index (χ4v) is 2.99. The summed E-state index contributed by atoms with van der Waals surface area (Å²) in [6.07, 6.45) is -0.445. The van der Waals surface area contributed by atoms with Crippen molar-refractivity contribution in [2.75, 3.05) is 18.8 Å². The lowest BCUT2D eigenvalue weighted by atomic mass is 10.1. The number of nitrogens with two attached hydrogens (primary N) is 5. The van der Waals surface area contributed by atoms with E-state index in [1.165, 1.54) is 0 Å². The van der Waals surface area contributed by atoms with Crippen molar-refractivity contribution in [3.05, 3.63) is 0 Å². The van der Waals surface area contributed by atoms with Gasteiger partial charge in [-0.1, -0.05) is 0 Å². The molecule has 0 saturated carbocycles. The summed E-state index contributed by atoms with van der Waals surface area (Å²) in [6, 6.07) is -5.32. The van der Waals surface area contributed by atoms with Gasteiger partial charge in [0.2, 0.25) is 17.7 Å². The maximum absolute atomic E-state index is 12.9. The molecule has 0 aliphatic carbocycles. The molecule has 18 heteroatoms. The van der Waals surface area contributed by atoms with E-state index in [0.717, 1.165) is 0 Å². The van der Waals surface area contributed by atoms with Gasteiger partial charge in [0.25, 0.3) is 0 Å². The first-order valence-electron chi connectivity index (χ1n) is 11.1. The maximum Gasteiger partial charge on any atom is 0.326 e. The third kappa shape index (κ3) is 15.0. The van der Waals surface area contributed by atoms with Crippen LogP contribution in [-0.4, -0.2) is 94.8 Å². The van der Waals surface area contributed by atoms with Gasteiger partial charge in [-0.15, -0.1) is 0 Å². The molecular formula is C19H36N10O7S. The second-order valence-corrected chi connectivity index (χ2v) is 8.17. The van der Waals surface area contributed by atoms with Crippen molar-refractivity contribution in [1.82, 2.24) is 16.0 Å². The Morgan fingerprint density at radius 3 is 1.59 bits per heavy atom. The summed E-state index contributed by atoms with van der Waals surface area (Å²) in [5, 5.41) is 25.5. The van der Waals surface area contributed by atoms with Crippen LogP contribution in [0, 0.1) is 0 Å². The van der Waals surface area contributed by atoms with Gasteiger partial charge in [-0.25, -0.2) is 4.79 Å². The number of aliphatic carboxylic acids is 2. The van der Waals surface area contributed by atoms with Crippen LogP contribution in [0.5, 0.6) is 0 Å². The van der Waals surface area contributed by atoms with Crippen LogP contribution >= 0.6 is 12.6 Å². The lowest BCUT2D eigenvalue weighted by molar-refractivity contribution is -0.143. The van der Waals surface area contributed by atoms with Gasteiger partial charge in [0.15, 0.2) is 11.9 Å². The van der Waals surface area contributed by atoms with Crippen LogP contribution in [-0.2, 0) is 24.0 Å². The van der Waals surface area contributed by atoms with Crippen molar-refractivity contribution in [3.8, 4) is 0 Å². The Morgan fingerprint density at radius 2 is 1.16 bits per heavy atom. The molecule has 0 aromatic rings. The largest absolute Gasteiger partial charge is 0.481 e. The summed E-state index contributed by atoms with van der Waals surface area (Å²) in [6.45, 7) is 0.223. The van der Waals surface area contributed by atoms with Gasteiger partial charge < -0.3 is 54.8 Å². The number of nitrogens with one attached hydrogen (secondary N) is 3. The standard InChI is InChI=1S/C19H36N10O7S/c20-9(8-37)14(32)29-12(7-13(30)31)16(34)27-10(3-1-5-25-18(21)22)15(33)28-11(17(35)36)4-2-6-26-19(23)24/h9-12,37H,1-8,20H2,(H,27,34)(H,28,33)(H,29,32)(H,30,31)(H,35,36)(H4,21,22,25)(H4,23,24,26). The number of hydrogen-bond donors (Lipinski definition) is 11. The third-order valence-electron chi connectivity index (χ3n) is 4.68. The van der Waals surface area contributed by atoms with E-state index in [1.54, 1.807) is 0 Å². The molecule has 0 aliphatic heterocycles. The number of amides is 3. The molecular weight excluding hydrogens is 512 g/mol. The van der Waals surface area contributed by atoms with Gasteiger partial charge in [0.05, 0.1) is 12.5 Å². The fourth-order valence-electron chi connectivity index (χ4n) is 2.82. The molecule has 0 radical (unpaired) electrons. The summed E-state index contributed by atoms with van der Waals surface area (Å²) >= 11 is 3.88. The highest BCUT2D eigenvalue weighted by Crippen LogP contribution is 2.05. The molecule has 4 atom stereocenters. The number of carbonyl (C=O) groups excluding carboxylic acids is 3. The summed E-state index contributed by atoms with van der Waals surface area (Å²) in [7, 11) is 0. The average molecular weight is 549 g/mol. The van der Waals surface area contributed by atoms with E-state index in [-0.39, 0.29) is 56.4 Å². The first-order valence-corrected chi connectivity index (χ1v) is 11.7. The fraction of sp³-hybridized carbons (Fsp3) is 0.632. The van der Waals surface area contributed by atoms with Crippen LogP contribution in [0.3, 0.4) is 0 Å². The predicted octanol–water partition coefficient (Wildman–Crippen LogP) is -4.64. The van der Waals surface area contributed by atoms with E-state index in [4.69, 9.17) is 33.8 Å². The minimum absolute atomic E-state index is 0.0220. The van der Waals surface area contributed by atoms with Gasteiger partial charge >= 0.3 is 11.9 Å². The Balaban J connectivity index is 5.60. The molecule has 210 valence electrons. The Morgan fingerprint density at radius 1 is 0.730 bits per heavy atom. The summed E-state index contributed by atoms with van der Waals surface area (Å²) in [5.74, 6) is -5.84. The van der Waals surface area contributed by atoms with E-state index in [2.05, 4.69) is 38.6 Å². The number of rotatable bonds is 18. The molecule has 0 spiro atoms. The van der Waals surface area contributed by atoms with Crippen molar-refractivity contribution in [1.29, 1.82) is 0 Å². The number of nitrogens with zero attached hydrogens (tertiary/aromatic N) is 2. The van der Waals surface area contributed by atoms with Gasteiger partial charge in [0, 0.05) is 18.8 Å². The molecule has 0 aliphatic rings. The highest BCUT2D eigenvalue weighted by molar-refractivity contribution is 7.80. The normalized spacial score (nSPS) is 13.7. The Bertz CT molecular complexity index is 862. The van der Waals surface area contributed by atoms with Crippen LogP contribution in [0.15, 0.2) is 9.98 Å². The van der Waals surface area contributed by atoms with Crippen LogP contribution in [0.25, 0.3) is 0 Å². The molecule has 37 heavy (non-hydrogen) atoms. The monoisotopic (exact) mass is 548 g/mol. The number of guanidine groups is 2. The lowest BCUT2D eigenvalue weighted by Crippen LogP contribution is -2.57. The molecule has 15 N–H and O–H groups in total. The number of carboxylic acids is 2. The minimum Gasteiger partial charge on any atom is -0.481 e. The zero-order valence-corrected chi connectivity index (χ0v) is 21.0. The molecule has 0 fully saturated rings. The molecule has 0 bridgehead atoms. The second kappa shape index (κ2) is 17.6. The van der Waals surface area contributed by atoms with E-state index in [0.29, 0.717) is 0 Å². The van der Waals surface area contributed by atoms with Crippen molar-refractivity contribution in [3.63, 3.8) is 0 Å². The zero-order chi connectivity index (χ0) is 28.5. The number of hydrogen-bond acceptors (Lipinski definition) is 9. The van der Waals surface area contributed by atoms with Crippen LogP contribution in [0.4, 0.5) is 0 Å². The number of carboxylic acid groups (broad SMARTS) is 2. The zero-order valence-electron chi connectivity index (χ0n) is 20.1. The lowest BCUT2D eigenvalue weighted by Gasteiger charge is -2.24. The third-order valence-corrected chi connectivity index (χ3v) is 5.08. The number of aliphatic imine (C=N–C) groups is 2. The molecule has 0 aromatic carbocycles. The topological polar surface area (TPSA) is 317 Å². The first-order chi connectivity index (χ1) is 17.3. The highest BCUT2D eigenvalue weighted by Gasteiger charge is 2.31. The Labute approximate surface area is 218 Å². The maximum atomic E-state index is 12.9. The van der Waals surface area contributed by atoms with E-state index in [9.17, 15) is 29.1 Å². The Kier molecular flexibility index (Phi) is 15.8. The molecule has 0 saturated heterocycles. The SMILES string of the molecule is NC(N)=NCCCC(NC(=O)C(CCCN=C(N)N)NC(=O)C(CC(=O)O)NC(=O)C(N)CS)C(=O)O. The van der Waals surface area contributed by atoms with Crippen LogP contribution in [0.2, 0.25) is 0 Å². The van der Waals surface area contributed by atoms with Crippen molar-refractivity contribution in [2.45, 2.75) is 56.3 Å². The van der Waals surface area contributed by atoms with E-state index < -0.39 is 60.2 Å². The minimum atomic E-state index is -1.57. The molecule has 0 rings (SSSR count). The first kappa shape index (κ1) is 33.2. The molecule has 0 heterocycles. The van der Waals surface area contributed by atoms with Crippen molar-refractivity contribution < 1.29 is 34.2 Å². The summed E-state index contributed by atoms with van der Waals surface area (Å²) < 4.78 is 0. The number of carbonyl (C=O) groups is 5. The van der Waals surface area contributed by atoms with E-state index >= 15 is 0 Å². The van der Waals surface area contributed by atoms with Gasteiger partial charge in [-0.05, 0) is 25.7 Å². The average Bonchev–Trinajstić information content (AvgIpc) is 2.80. The molecule has 3 amide bonds. The molecule has 4 unspecified atom stereocenters. The summed E-state index contributed by atoms with van der Waals surface area (Å²) in [4.78, 5) is 68.2. The molecule has 0 aromatic heterocycles. The van der Waals surface area contributed by atoms with Gasteiger partial charge in [-0.3, -0.25) is 29.2 Å². The van der Waals surface area contributed by atoms with E-state index in [1.807, 2.05) is 0 Å². The van der Waals surface area contributed by atoms with Crippen LogP contribution < -0.4 is 44.6 Å². The Hall–Kier alpha value is -3.80. The highest BCUT2D eigenvalue weighted by atomic mass is 32.1. The van der Waals surface area contributed by atoms with Gasteiger partial charge in [-0.2, -0.15) is 12.6 Å². The molecule has 17 nitrogen and oxygen atoms in total. The summed E-state index contributed by atoms with van der Waals surface area (Å²) in [5.41, 5.74) is 26.5. The van der Waals surface area contributed by atoms with Gasteiger partial charge in [0.1, 0.15) is 18.1 Å². The predicted molar refractivity (Wildman–Crippen MR) is 137 cm³/mol. The quantitative estimate of drug-likeness (QED) is 0.0333. The van der Waals surface area contributed by atoms with Crippen LogP contribution in [0.1, 0.15) is 32.1 Å². The number of thiol groups is 1. The smallest absolute Gasteiger partial charge is 0.326 e.